The Balaban J connectivity index is 1.29. The van der Waals surface area contributed by atoms with Gasteiger partial charge in [0.2, 0.25) is 0 Å². The normalized spacial score (nSPS) is 41.8. The summed E-state index contributed by atoms with van der Waals surface area (Å²) < 4.78 is 11.0. The molecule has 0 radical (unpaired) electrons. The van der Waals surface area contributed by atoms with Crippen LogP contribution in [-0.2, 0) is 9.47 Å². The quantitative estimate of drug-likeness (QED) is 0.864. The van der Waals surface area contributed by atoms with Gasteiger partial charge >= 0.3 is 6.03 Å². The second kappa shape index (κ2) is 6.25. The molecule has 2 amide bonds. The van der Waals surface area contributed by atoms with Crippen molar-refractivity contribution in [3.63, 3.8) is 0 Å². The topological polar surface area (TPSA) is 50.8 Å². The summed E-state index contributed by atoms with van der Waals surface area (Å²) in [6, 6.07) is 0.0370. The minimum absolute atomic E-state index is 0.000601. The molecule has 1 N–H and O–H groups in total. The summed E-state index contributed by atoms with van der Waals surface area (Å²) in [5.41, 5.74) is 0.408. The van der Waals surface area contributed by atoms with Crippen molar-refractivity contribution in [2.45, 2.75) is 44.6 Å². The predicted molar refractivity (Wildman–Crippen MR) is 87.2 cm³/mol. The molecule has 5 rings (SSSR count). The average Bonchev–Trinajstić information content (AvgIpc) is 2.51. The first-order chi connectivity index (χ1) is 11.1. The molecular weight excluding hydrogens is 292 g/mol. The summed E-state index contributed by atoms with van der Waals surface area (Å²) >= 11 is 0. The first-order valence-corrected chi connectivity index (χ1v) is 9.30. The van der Waals surface area contributed by atoms with Crippen LogP contribution < -0.4 is 5.32 Å². The first kappa shape index (κ1) is 15.7. The number of amides is 2. The van der Waals surface area contributed by atoms with Gasteiger partial charge in [-0.25, -0.2) is 4.79 Å². The zero-order valence-corrected chi connectivity index (χ0v) is 14.3. The Morgan fingerprint density at radius 1 is 1.13 bits per heavy atom. The van der Waals surface area contributed by atoms with Crippen LogP contribution in [0.3, 0.4) is 0 Å². The summed E-state index contributed by atoms with van der Waals surface area (Å²) in [4.78, 5) is 14.3. The molecule has 23 heavy (non-hydrogen) atoms. The largest absolute Gasteiger partial charge is 0.376 e. The lowest BCUT2D eigenvalue weighted by molar-refractivity contribution is -0.0859. The lowest BCUT2D eigenvalue weighted by Crippen LogP contribution is -2.53. The molecule has 0 aromatic heterocycles. The van der Waals surface area contributed by atoms with Gasteiger partial charge in [-0.2, -0.15) is 0 Å². The van der Waals surface area contributed by atoms with Gasteiger partial charge in [0.1, 0.15) is 0 Å². The van der Waals surface area contributed by atoms with Gasteiger partial charge in [-0.1, -0.05) is 0 Å². The van der Waals surface area contributed by atoms with Gasteiger partial charge in [0, 0.05) is 20.1 Å². The maximum atomic E-state index is 12.4. The highest BCUT2D eigenvalue weighted by Crippen LogP contribution is 2.60. The highest BCUT2D eigenvalue weighted by atomic mass is 16.6. The molecule has 0 spiro atoms. The van der Waals surface area contributed by atoms with Gasteiger partial charge in [0.25, 0.3) is 0 Å². The SMILES string of the molecule is CN(CC12CC3CC(CC(C3)C1)C2)C(=O)NC[C@H]1COCCO1. The standard InChI is InChI=1S/C18H30N2O3/c1-20(17(21)19-10-16-11-22-2-3-23-16)12-18-7-13-4-14(8-18)6-15(5-13)9-18/h13-16H,2-12H2,1H3,(H,19,21)/t13?,14?,15?,16-,18?/m0/s1. The van der Waals surface area contributed by atoms with Crippen molar-refractivity contribution < 1.29 is 14.3 Å². The van der Waals surface area contributed by atoms with E-state index in [0.29, 0.717) is 31.8 Å². The molecule has 4 aliphatic carbocycles. The molecule has 5 heteroatoms. The first-order valence-electron chi connectivity index (χ1n) is 9.30. The van der Waals surface area contributed by atoms with Crippen molar-refractivity contribution in [2.24, 2.45) is 23.2 Å². The Morgan fingerprint density at radius 3 is 2.35 bits per heavy atom. The summed E-state index contributed by atoms with van der Waals surface area (Å²) in [5.74, 6) is 2.81. The van der Waals surface area contributed by atoms with E-state index in [1.165, 1.54) is 38.5 Å². The maximum Gasteiger partial charge on any atom is 0.317 e. The third-order valence-corrected chi connectivity index (χ3v) is 6.45. The van der Waals surface area contributed by atoms with Crippen LogP contribution in [-0.4, -0.2) is 57.0 Å². The van der Waals surface area contributed by atoms with E-state index in [-0.39, 0.29) is 12.1 Å². The van der Waals surface area contributed by atoms with Gasteiger partial charge < -0.3 is 19.7 Å². The number of rotatable bonds is 4. The molecule has 0 aromatic rings. The second-order valence-corrected chi connectivity index (χ2v) is 8.53. The van der Waals surface area contributed by atoms with E-state index in [1.807, 2.05) is 11.9 Å². The number of carbonyl (C=O) groups excluding carboxylic acids is 1. The molecule has 1 heterocycles. The van der Waals surface area contributed by atoms with Crippen molar-refractivity contribution in [1.29, 1.82) is 0 Å². The Hall–Kier alpha value is -0.810. The molecular formula is C18H30N2O3. The minimum atomic E-state index is 0.000601. The van der Waals surface area contributed by atoms with Gasteiger partial charge in [-0.3, -0.25) is 0 Å². The Labute approximate surface area is 139 Å². The van der Waals surface area contributed by atoms with Crippen LogP contribution in [0, 0.1) is 23.2 Å². The third kappa shape index (κ3) is 3.36. The number of ether oxygens (including phenoxy) is 2. The van der Waals surface area contributed by atoms with E-state index in [0.717, 1.165) is 24.3 Å². The monoisotopic (exact) mass is 322 g/mol. The summed E-state index contributed by atoms with van der Waals surface area (Å²) in [7, 11) is 1.95. The van der Waals surface area contributed by atoms with E-state index >= 15 is 0 Å². The van der Waals surface area contributed by atoms with Gasteiger partial charge in [0.15, 0.2) is 0 Å². The van der Waals surface area contributed by atoms with Gasteiger partial charge in [-0.15, -0.1) is 0 Å². The summed E-state index contributed by atoms with van der Waals surface area (Å²) in [6.07, 6.45) is 8.39. The van der Waals surface area contributed by atoms with E-state index < -0.39 is 0 Å². The van der Waals surface area contributed by atoms with Crippen LogP contribution in [0.2, 0.25) is 0 Å². The number of nitrogens with one attached hydrogen (secondary N) is 1. The minimum Gasteiger partial charge on any atom is -0.376 e. The molecule has 5 fully saturated rings. The molecule has 5 nitrogen and oxygen atoms in total. The molecule has 1 aliphatic heterocycles. The lowest BCUT2D eigenvalue weighted by atomic mass is 9.49. The van der Waals surface area contributed by atoms with Crippen molar-refractivity contribution in [3.8, 4) is 0 Å². The number of hydrogen-bond donors (Lipinski definition) is 1. The lowest BCUT2D eigenvalue weighted by Gasteiger charge is -2.57. The molecule has 0 aromatic carbocycles. The Bertz CT molecular complexity index is 412. The van der Waals surface area contributed by atoms with Gasteiger partial charge in [-0.05, 0) is 61.7 Å². The van der Waals surface area contributed by atoms with E-state index in [1.54, 1.807) is 0 Å². The molecule has 5 aliphatic rings. The number of hydrogen-bond acceptors (Lipinski definition) is 3. The van der Waals surface area contributed by atoms with Crippen LogP contribution in [0.5, 0.6) is 0 Å². The predicted octanol–water partition coefficient (Wildman–Crippen LogP) is 2.26. The highest BCUT2D eigenvalue weighted by molar-refractivity contribution is 5.73. The number of carbonyl (C=O) groups is 1. The highest BCUT2D eigenvalue weighted by Gasteiger charge is 2.51. The molecule has 0 unspecified atom stereocenters. The van der Waals surface area contributed by atoms with Crippen molar-refractivity contribution >= 4 is 6.03 Å². The molecule has 130 valence electrons. The van der Waals surface area contributed by atoms with Crippen LogP contribution in [0.4, 0.5) is 4.79 Å². The fourth-order valence-corrected chi connectivity index (χ4v) is 6.05. The molecule has 4 bridgehead atoms. The number of urea groups is 1. The smallest absolute Gasteiger partial charge is 0.317 e. The van der Waals surface area contributed by atoms with E-state index in [2.05, 4.69) is 5.32 Å². The third-order valence-electron chi connectivity index (χ3n) is 6.45. The zero-order chi connectivity index (χ0) is 15.9. The average molecular weight is 322 g/mol. The van der Waals surface area contributed by atoms with Gasteiger partial charge in [0.05, 0.1) is 25.9 Å². The molecule has 4 saturated carbocycles. The number of nitrogens with zero attached hydrogens (tertiary/aromatic N) is 1. The molecule has 1 saturated heterocycles. The summed E-state index contributed by atoms with van der Waals surface area (Å²) in [6.45, 7) is 3.34. The molecule has 1 atom stereocenters. The summed E-state index contributed by atoms with van der Waals surface area (Å²) in [5, 5.41) is 3.02. The second-order valence-electron chi connectivity index (χ2n) is 8.53. The van der Waals surface area contributed by atoms with Crippen molar-refractivity contribution in [3.05, 3.63) is 0 Å². The Kier molecular flexibility index (Phi) is 4.26. The van der Waals surface area contributed by atoms with Crippen LogP contribution in [0.1, 0.15) is 38.5 Å². The van der Waals surface area contributed by atoms with Crippen LogP contribution in [0.15, 0.2) is 0 Å². The van der Waals surface area contributed by atoms with E-state index in [4.69, 9.17) is 9.47 Å². The zero-order valence-electron chi connectivity index (χ0n) is 14.3. The maximum absolute atomic E-state index is 12.4. The fourth-order valence-electron chi connectivity index (χ4n) is 6.05. The fraction of sp³-hybridized carbons (Fsp3) is 0.944. The van der Waals surface area contributed by atoms with E-state index in [9.17, 15) is 4.79 Å². The van der Waals surface area contributed by atoms with Crippen molar-refractivity contribution in [2.75, 3.05) is 40.0 Å². The Morgan fingerprint density at radius 2 is 1.78 bits per heavy atom. The van der Waals surface area contributed by atoms with Crippen LogP contribution >= 0.6 is 0 Å². The van der Waals surface area contributed by atoms with Crippen molar-refractivity contribution in [1.82, 2.24) is 10.2 Å². The van der Waals surface area contributed by atoms with Crippen LogP contribution in [0.25, 0.3) is 0 Å².